The van der Waals surface area contributed by atoms with Crippen LogP contribution in [0.15, 0.2) is 58.7 Å². The summed E-state index contributed by atoms with van der Waals surface area (Å²) >= 11 is 0. The van der Waals surface area contributed by atoms with Crippen molar-refractivity contribution in [3.8, 4) is 0 Å². The molecule has 130 valence electrons. The first-order chi connectivity index (χ1) is 11.0. The number of carbonyl (C=O) groups excluding carboxylic acids is 1. The number of allylic oxidation sites excluding steroid dienone is 8. The Labute approximate surface area is 143 Å². The van der Waals surface area contributed by atoms with Gasteiger partial charge in [-0.15, -0.1) is 0 Å². The van der Waals surface area contributed by atoms with Crippen LogP contribution in [0.4, 0.5) is 0 Å². The van der Waals surface area contributed by atoms with Crippen LogP contribution in [0.5, 0.6) is 0 Å². The molecule has 0 saturated carbocycles. The van der Waals surface area contributed by atoms with Gasteiger partial charge >= 0.3 is 5.97 Å². The Morgan fingerprint density at radius 3 is 2.42 bits per heavy atom. The average molecular weight is 330 g/mol. The van der Waals surface area contributed by atoms with Crippen LogP contribution in [0.2, 0.25) is 0 Å². The SMILES string of the molecule is CC1=C(/C=C/C(C)=C/C=C/C(C)=C\C(=O)O)C(C)(C)CC(O)C1=O. The number of carboxylic acids is 1. The van der Waals surface area contributed by atoms with E-state index in [-0.39, 0.29) is 11.2 Å². The molecule has 0 heterocycles. The molecule has 4 nitrogen and oxygen atoms in total. The standard InChI is InChI=1S/C20H26O4/c1-13(7-6-8-14(2)11-18(22)23)9-10-16-15(3)19(24)17(21)12-20(16,4)5/h6-11,17,21H,12H2,1-5H3,(H,22,23)/b8-6+,10-9+,13-7+,14-11-. The van der Waals surface area contributed by atoms with Gasteiger partial charge in [-0.2, -0.15) is 0 Å². The molecule has 1 atom stereocenters. The molecule has 1 aliphatic rings. The molecule has 24 heavy (non-hydrogen) atoms. The first-order valence-corrected chi connectivity index (χ1v) is 7.92. The maximum atomic E-state index is 12.0. The molecule has 1 unspecified atom stereocenters. The molecule has 0 bridgehead atoms. The highest BCUT2D eigenvalue weighted by atomic mass is 16.4. The molecule has 0 amide bonds. The number of Topliss-reactive ketones (excluding diaryl/α,β-unsaturated/α-hetero) is 1. The summed E-state index contributed by atoms with van der Waals surface area (Å²) in [6.45, 7) is 9.44. The van der Waals surface area contributed by atoms with Crippen LogP contribution in [0.1, 0.15) is 41.0 Å². The fraction of sp³-hybridized carbons (Fsp3) is 0.400. The summed E-state index contributed by atoms with van der Waals surface area (Å²) in [4.78, 5) is 22.5. The Morgan fingerprint density at radius 1 is 1.21 bits per heavy atom. The van der Waals surface area contributed by atoms with Gasteiger partial charge in [-0.25, -0.2) is 4.79 Å². The first-order valence-electron chi connectivity index (χ1n) is 7.92. The topological polar surface area (TPSA) is 74.6 Å². The van der Waals surface area contributed by atoms with E-state index in [0.29, 0.717) is 17.6 Å². The number of hydrogen-bond donors (Lipinski definition) is 2. The summed E-state index contributed by atoms with van der Waals surface area (Å²) in [7, 11) is 0. The second-order valence-corrected chi connectivity index (χ2v) is 6.84. The summed E-state index contributed by atoms with van der Waals surface area (Å²) in [6.07, 6.45) is 9.89. The molecule has 0 aromatic heterocycles. The summed E-state index contributed by atoms with van der Waals surface area (Å²) in [5, 5.41) is 18.5. The maximum Gasteiger partial charge on any atom is 0.328 e. The van der Waals surface area contributed by atoms with Crippen molar-refractivity contribution in [2.45, 2.75) is 47.1 Å². The lowest BCUT2D eigenvalue weighted by Crippen LogP contribution is -2.35. The molecular weight excluding hydrogens is 304 g/mol. The number of hydrogen-bond acceptors (Lipinski definition) is 3. The molecule has 2 N–H and O–H groups in total. The molecule has 1 aliphatic carbocycles. The molecule has 4 heteroatoms. The van der Waals surface area contributed by atoms with Crippen molar-refractivity contribution < 1.29 is 19.8 Å². The van der Waals surface area contributed by atoms with E-state index in [2.05, 4.69) is 0 Å². The highest BCUT2D eigenvalue weighted by Crippen LogP contribution is 2.39. The van der Waals surface area contributed by atoms with Crippen LogP contribution < -0.4 is 0 Å². The molecule has 1 rings (SSSR count). The minimum atomic E-state index is -0.966. The second-order valence-electron chi connectivity index (χ2n) is 6.84. The van der Waals surface area contributed by atoms with Gasteiger partial charge in [0.25, 0.3) is 0 Å². The van der Waals surface area contributed by atoms with Crippen molar-refractivity contribution in [2.24, 2.45) is 5.41 Å². The van der Waals surface area contributed by atoms with Gasteiger partial charge in [0.15, 0.2) is 5.78 Å². The van der Waals surface area contributed by atoms with Gasteiger partial charge < -0.3 is 10.2 Å². The van der Waals surface area contributed by atoms with Gasteiger partial charge in [-0.1, -0.05) is 49.8 Å². The highest BCUT2D eigenvalue weighted by molar-refractivity contribution is 6.00. The fourth-order valence-corrected chi connectivity index (χ4v) is 2.79. The first kappa shape index (κ1) is 19.8. The second kappa shape index (κ2) is 8.06. The molecule has 0 aromatic carbocycles. The van der Waals surface area contributed by atoms with Crippen molar-refractivity contribution in [1.29, 1.82) is 0 Å². The highest BCUT2D eigenvalue weighted by Gasteiger charge is 2.36. The summed E-state index contributed by atoms with van der Waals surface area (Å²) in [5.74, 6) is -1.17. The van der Waals surface area contributed by atoms with Crippen molar-refractivity contribution >= 4 is 11.8 Å². The largest absolute Gasteiger partial charge is 0.478 e. The van der Waals surface area contributed by atoms with Crippen LogP contribution in [-0.4, -0.2) is 28.1 Å². The van der Waals surface area contributed by atoms with Crippen molar-refractivity contribution in [2.75, 3.05) is 0 Å². The predicted octanol–water partition coefficient (Wildman–Crippen LogP) is 3.75. The van der Waals surface area contributed by atoms with E-state index < -0.39 is 12.1 Å². The Morgan fingerprint density at radius 2 is 1.83 bits per heavy atom. The Hall–Kier alpha value is -2.20. The van der Waals surface area contributed by atoms with Gasteiger partial charge in [-0.05, 0) is 49.3 Å². The maximum absolute atomic E-state index is 12.0. The number of aliphatic hydroxyl groups is 1. The molecule has 0 spiro atoms. The number of ketones is 1. The molecule has 0 saturated heterocycles. The lowest BCUT2D eigenvalue weighted by atomic mass is 9.71. The summed E-state index contributed by atoms with van der Waals surface area (Å²) in [6, 6.07) is 0. The lowest BCUT2D eigenvalue weighted by molar-refractivity contribution is -0.131. The van der Waals surface area contributed by atoms with E-state index in [1.165, 1.54) is 0 Å². The number of aliphatic hydroxyl groups excluding tert-OH is 1. The van der Waals surface area contributed by atoms with Crippen LogP contribution in [0, 0.1) is 5.41 Å². The summed E-state index contributed by atoms with van der Waals surface area (Å²) in [5.41, 5.74) is 2.92. The average Bonchev–Trinajstić information content (AvgIpc) is 2.43. The molecule has 0 radical (unpaired) electrons. The van der Waals surface area contributed by atoms with Crippen LogP contribution >= 0.6 is 0 Å². The minimum Gasteiger partial charge on any atom is -0.478 e. The van der Waals surface area contributed by atoms with Gasteiger partial charge in [0.2, 0.25) is 0 Å². The van der Waals surface area contributed by atoms with Gasteiger partial charge in [-0.3, -0.25) is 4.79 Å². The Balaban J connectivity index is 2.95. The summed E-state index contributed by atoms with van der Waals surface area (Å²) < 4.78 is 0. The monoisotopic (exact) mass is 330 g/mol. The molecule has 0 aliphatic heterocycles. The quantitative estimate of drug-likeness (QED) is 0.594. The van der Waals surface area contributed by atoms with Gasteiger partial charge in [0.05, 0.1) is 0 Å². The number of aliphatic carboxylic acids is 1. The van der Waals surface area contributed by atoms with Crippen molar-refractivity contribution in [1.82, 2.24) is 0 Å². The van der Waals surface area contributed by atoms with Crippen LogP contribution in [0.3, 0.4) is 0 Å². The molecule has 0 aromatic rings. The molecule has 0 fully saturated rings. The lowest BCUT2D eigenvalue weighted by Gasteiger charge is -2.34. The Kier molecular flexibility index (Phi) is 6.67. The predicted molar refractivity (Wildman–Crippen MR) is 95.5 cm³/mol. The zero-order valence-corrected chi connectivity index (χ0v) is 15.0. The van der Waals surface area contributed by atoms with E-state index in [9.17, 15) is 14.7 Å². The number of carbonyl (C=O) groups is 2. The van der Waals surface area contributed by atoms with Crippen molar-refractivity contribution in [3.63, 3.8) is 0 Å². The van der Waals surface area contributed by atoms with Crippen molar-refractivity contribution in [3.05, 3.63) is 58.7 Å². The van der Waals surface area contributed by atoms with Crippen LogP contribution in [0.25, 0.3) is 0 Å². The third-order valence-corrected chi connectivity index (χ3v) is 4.09. The normalized spacial score (nSPS) is 22.8. The zero-order chi connectivity index (χ0) is 18.5. The van der Waals surface area contributed by atoms with E-state index in [1.807, 2.05) is 39.0 Å². The van der Waals surface area contributed by atoms with E-state index in [1.54, 1.807) is 26.0 Å². The fourth-order valence-electron chi connectivity index (χ4n) is 2.79. The van der Waals surface area contributed by atoms with Gasteiger partial charge in [0, 0.05) is 6.08 Å². The minimum absolute atomic E-state index is 0.204. The third kappa shape index (κ3) is 5.46. The number of rotatable bonds is 5. The van der Waals surface area contributed by atoms with E-state index in [0.717, 1.165) is 17.2 Å². The van der Waals surface area contributed by atoms with E-state index >= 15 is 0 Å². The van der Waals surface area contributed by atoms with Gasteiger partial charge in [0.1, 0.15) is 6.10 Å². The Bertz CT molecular complexity index is 670. The smallest absolute Gasteiger partial charge is 0.328 e. The van der Waals surface area contributed by atoms with Crippen LogP contribution in [-0.2, 0) is 9.59 Å². The third-order valence-electron chi connectivity index (χ3n) is 4.09. The zero-order valence-electron chi connectivity index (χ0n) is 15.0. The number of carboxylic acid groups (broad SMARTS) is 1. The van der Waals surface area contributed by atoms with E-state index in [4.69, 9.17) is 5.11 Å². The molecular formula is C20H26O4.